The summed E-state index contributed by atoms with van der Waals surface area (Å²) < 4.78 is 12.0. The zero-order valence-corrected chi connectivity index (χ0v) is 17.0. The number of hydrogen-bond donors (Lipinski definition) is 1. The van der Waals surface area contributed by atoms with Gasteiger partial charge in [0.15, 0.2) is 6.10 Å². The molecule has 2 aromatic carbocycles. The van der Waals surface area contributed by atoms with Gasteiger partial charge < -0.3 is 19.7 Å². The first-order chi connectivity index (χ1) is 13.5. The van der Waals surface area contributed by atoms with Crippen molar-refractivity contribution in [2.45, 2.75) is 45.3 Å². The summed E-state index contributed by atoms with van der Waals surface area (Å²) in [6.07, 6.45) is 2.42. The standard InChI is InChI=1S/C23H30N2O3/c1-4-21(28-22-8-6-5-7-17(22)2)23(26)24-18-9-11-19(12-10-18)27-20-13-15-25(3)16-14-20/h5-12,20-21H,4,13-16H2,1-3H3,(H,24,26)/t21-/m0/s1. The molecule has 1 aliphatic rings. The van der Waals surface area contributed by atoms with Crippen LogP contribution in [0, 0.1) is 6.92 Å². The molecule has 0 unspecified atom stereocenters. The van der Waals surface area contributed by atoms with Crippen LogP contribution in [0.2, 0.25) is 0 Å². The van der Waals surface area contributed by atoms with Crippen LogP contribution in [-0.2, 0) is 4.79 Å². The van der Waals surface area contributed by atoms with Gasteiger partial charge >= 0.3 is 0 Å². The lowest BCUT2D eigenvalue weighted by atomic mass is 10.1. The number of hydrogen-bond acceptors (Lipinski definition) is 4. The van der Waals surface area contributed by atoms with Crippen molar-refractivity contribution < 1.29 is 14.3 Å². The summed E-state index contributed by atoms with van der Waals surface area (Å²) in [5.41, 5.74) is 1.76. The fraction of sp³-hybridized carbons (Fsp3) is 0.435. The molecular weight excluding hydrogens is 352 g/mol. The van der Waals surface area contributed by atoms with Gasteiger partial charge in [-0.05, 0) is 69.1 Å². The van der Waals surface area contributed by atoms with Gasteiger partial charge in [-0.25, -0.2) is 0 Å². The van der Waals surface area contributed by atoms with Crippen LogP contribution in [0.15, 0.2) is 48.5 Å². The number of piperidine rings is 1. The SMILES string of the molecule is CC[C@H](Oc1ccccc1C)C(=O)Nc1ccc(OC2CCN(C)CC2)cc1. The first kappa shape index (κ1) is 20.2. The van der Waals surface area contributed by atoms with Crippen LogP contribution in [0.3, 0.4) is 0 Å². The molecule has 1 aliphatic heterocycles. The number of carbonyl (C=O) groups is 1. The van der Waals surface area contributed by atoms with Crippen LogP contribution in [0.1, 0.15) is 31.7 Å². The second-order valence-corrected chi connectivity index (χ2v) is 7.41. The summed E-state index contributed by atoms with van der Waals surface area (Å²) >= 11 is 0. The first-order valence-corrected chi connectivity index (χ1v) is 10.0. The van der Waals surface area contributed by atoms with Crippen molar-refractivity contribution in [3.8, 4) is 11.5 Å². The molecule has 3 rings (SSSR count). The second kappa shape index (κ2) is 9.60. The van der Waals surface area contributed by atoms with Crippen molar-refractivity contribution in [1.82, 2.24) is 4.90 Å². The Balaban J connectivity index is 1.55. The van der Waals surface area contributed by atoms with Gasteiger partial charge in [0.25, 0.3) is 5.91 Å². The van der Waals surface area contributed by atoms with E-state index in [9.17, 15) is 4.79 Å². The Morgan fingerprint density at radius 3 is 2.46 bits per heavy atom. The summed E-state index contributed by atoms with van der Waals surface area (Å²) in [6, 6.07) is 15.3. The fourth-order valence-corrected chi connectivity index (χ4v) is 3.30. The molecule has 1 fully saturated rings. The van der Waals surface area contributed by atoms with Crippen molar-refractivity contribution in [3.63, 3.8) is 0 Å². The molecule has 0 aromatic heterocycles. The summed E-state index contributed by atoms with van der Waals surface area (Å²) in [5.74, 6) is 1.44. The molecule has 2 aromatic rings. The van der Waals surface area contributed by atoms with Crippen LogP contribution in [0.5, 0.6) is 11.5 Å². The molecule has 1 N–H and O–H groups in total. The van der Waals surface area contributed by atoms with E-state index in [2.05, 4.69) is 17.3 Å². The third-order valence-corrected chi connectivity index (χ3v) is 5.12. The summed E-state index contributed by atoms with van der Waals surface area (Å²) in [7, 11) is 2.14. The summed E-state index contributed by atoms with van der Waals surface area (Å²) in [4.78, 5) is 14.9. The van der Waals surface area contributed by atoms with Crippen LogP contribution in [0.4, 0.5) is 5.69 Å². The number of para-hydroxylation sites is 1. The normalized spacial score (nSPS) is 16.4. The minimum atomic E-state index is -0.531. The number of anilines is 1. The van der Waals surface area contributed by atoms with Gasteiger partial charge in [0.2, 0.25) is 0 Å². The van der Waals surface area contributed by atoms with Crippen molar-refractivity contribution in [2.75, 3.05) is 25.5 Å². The number of nitrogens with zero attached hydrogens (tertiary/aromatic N) is 1. The molecule has 0 saturated carbocycles. The molecule has 1 heterocycles. The molecule has 150 valence electrons. The zero-order valence-electron chi connectivity index (χ0n) is 17.0. The van der Waals surface area contributed by atoms with E-state index in [4.69, 9.17) is 9.47 Å². The molecule has 28 heavy (non-hydrogen) atoms. The van der Waals surface area contributed by atoms with E-state index in [1.807, 2.05) is 62.4 Å². The number of likely N-dealkylation sites (tertiary alicyclic amines) is 1. The van der Waals surface area contributed by atoms with Gasteiger partial charge in [-0.3, -0.25) is 4.79 Å². The van der Waals surface area contributed by atoms with Crippen molar-refractivity contribution in [2.24, 2.45) is 0 Å². The third-order valence-electron chi connectivity index (χ3n) is 5.12. The minimum absolute atomic E-state index is 0.144. The Morgan fingerprint density at radius 1 is 1.14 bits per heavy atom. The molecule has 0 spiro atoms. The maximum absolute atomic E-state index is 12.6. The fourth-order valence-electron chi connectivity index (χ4n) is 3.30. The highest BCUT2D eigenvalue weighted by molar-refractivity contribution is 5.94. The number of amides is 1. The van der Waals surface area contributed by atoms with E-state index >= 15 is 0 Å². The largest absolute Gasteiger partial charge is 0.490 e. The third kappa shape index (κ3) is 5.49. The van der Waals surface area contributed by atoms with Gasteiger partial charge in [-0.15, -0.1) is 0 Å². The first-order valence-electron chi connectivity index (χ1n) is 10.0. The van der Waals surface area contributed by atoms with E-state index in [0.717, 1.165) is 48.7 Å². The average molecular weight is 383 g/mol. The van der Waals surface area contributed by atoms with E-state index in [1.54, 1.807) is 0 Å². The Kier molecular flexibility index (Phi) is 6.93. The van der Waals surface area contributed by atoms with Crippen molar-refractivity contribution in [1.29, 1.82) is 0 Å². The topological polar surface area (TPSA) is 50.8 Å². The van der Waals surface area contributed by atoms with Gasteiger partial charge in [0, 0.05) is 18.8 Å². The van der Waals surface area contributed by atoms with E-state index in [-0.39, 0.29) is 12.0 Å². The van der Waals surface area contributed by atoms with Gasteiger partial charge in [-0.2, -0.15) is 0 Å². The lowest BCUT2D eigenvalue weighted by molar-refractivity contribution is -0.122. The Hall–Kier alpha value is -2.53. The molecule has 1 amide bonds. The predicted octanol–water partition coefficient (Wildman–Crippen LogP) is 4.26. The number of nitrogens with one attached hydrogen (secondary N) is 1. The van der Waals surface area contributed by atoms with Gasteiger partial charge in [-0.1, -0.05) is 25.1 Å². The van der Waals surface area contributed by atoms with Crippen LogP contribution in [-0.4, -0.2) is 43.2 Å². The minimum Gasteiger partial charge on any atom is -0.490 e. The highest BCUT2D eigenvalue weighted by Crippen LogP contribution is 2.22. The van der Waals surface area contributed by atoms with Crippen LogP contribution in [0.25, 0.3) is 0 Å². The second-order valence-electron chi connectivity index (χ2n) is 7.41. The smallest absolute Gasteiger partial charge is 0.265 e. The number of ether oxygens (including phenoxy) is 2. The number of aryl methyl sites for hydroxylation is 1. The summed E-state index contributed by atoms with van der Waals surface area (Å²) in [5, 5.41) is 2.94. The molecule has 1 atom stereocenters. The predicted molar refractivity (Wildman–Crippen MR) is 112 cm³/mol. The average Bonchev–Trinajstić information content (AvgIpc) is 2.70. The maximum Gasteiger partial charge on any atom is 0.265 e. The summed E-state index contributed by atoms with van der Waals surface area (Å²) in [6.45, 7) is 6.06. The van der Waals surface area contributed by atoms with E-state index in [1.165, 1.54) is 0 Å². The Bertz CT molecular complexity index is 768. The number of benzene rings is 2. The lowest BCUT2D eigenvalue weighted by Gasteiger charge is -2.29. The molecule has 5 nitrogen and oxygen atoms in total. The van der Waals surface area contributed by atoms with Gasteiger partial charge in [0.05, 0.1) is 0 Å². The number of rotatable bonds is 7. The lowest BCUT2D eigenvalue weighted by Crippen LogP contribution is -2.35. The maximum atomic E-state index is 12.6. The quantitative estimate of drug-likeness (QED) is 0.777. The molecule has 1 saturated heterocycles. The van der Waals surface area contributed by atoms with E-state index < -0.39 is 6.10 Å². The molecule has 0 aliphatic carbocycles. The van der Waals surface area contributed by atoms with Crippen LogP contribution < -0.4 is 14.8 Å². The van der Waals surface area contributed by atoms with Gasteiger partial charge in [0.1, 0.15) is 17.6 Å². The van der Waals surface area contributed by atoms with Crippen molar-refractivity contribution in [3.05, 3.63) is 54.1 Å². The zero-order chi connectivity index (χ0) is 19.9. The monoisotopic (exact) mass is 382 g/mol. The molecular formula is C23H30N2O3. The van der Waals surface area contributed by atoms with E-state index in [0.29, 0.717) is 6.42 Å². The van der Waals surface area contributed by atoms with Crippen molar-refractivity contribution >= 4 is 11.6 Å². The highest BCUT2D eigenvalue weighted by Gasteiger charge is 2.20. The Labute approximate surface area is 167 Å². The molecule has 5 heteroatoms. The Morgan fingerprint density at radius 2 is 1.82 bits per heavy atom. The number of carbonyl (C=O) groups excluding carboxylic acids is 1. The highest BCUT2D eigenvalue weighted by atomic mass is 16.5. The molecule has 0 bridgehead atoms. The van der Waals surface area contributed by atoms with Crippen LogP contribution >= 0.6 is 0 Å². The molecule has 0 radical (unpaired) electrons.